The Bertz CT molecular complexity index is 827. The Morgan fingerprint density at radius 3 is 2.54 bits per heavy atom. The van der Waals surface area contributed by atoms with Crippen molar-refractivity contribution in [2.75, 3.05) is 14.2 Å². The van der Waals surface area contributed by atoms with E-state index in [9.17, 15) is 8.42 Å². The number of halogens is 1. The first-order valence-electron chi connectivity index (χ1n) is 6.89. The maximum atomic E-state index is 12.5. The summed E-state index contributed by atoms with van der Waals surface area (Å²) in [5, 5.41) is 9.06. The summed E-state index contributed by atoms with van der Waals surface area (Å²) in [6.45, 7) is 0.0506. The van der Waals surface area contributed by atoms with E-state index in [0.717, 1.165) is 5.48 Å². The number of ether oxygens (including phenoxy) is 2. The molecule has 0 saturated heterocycles. The normalized spacial score (nSPS) is 11.3. The summed E-state index contributed by atoms with van der Waals surface area (Å²) in [5.74, 6) is 1.14. The molecule has 0 aliphatic carbocycles. The molecule has 0 spiro atoms. The molecule has 7 nitrogen and oxygen atoms in total. The van der Waals surface area contributed by atoms with Crippen LogP contribution in [0.15, 0.2) is 45.8 Å². The molecule has 0 atom stereocenters. The third-order valence-electron chi connectivity index (χ3n) is 3.34. The zero-order valence-electron chi connectivity index (χ0n) is 13.1. The summed E-state index contributed by atoms with van der Waals surface area (Å²) in [7, 11) is -0.732. The fraction of sp³-hybridized carbons (Fsp3) is 0.200. The van der Waals surface area contributed by atoms with Crippen molar-refractivity contribution in [1.82, 2.24) is 4.72 Å². The van der Waals surface area contributed by atoms with Gasteiger partial charge in [-0.25, -0.2) is 18.3 Å². The molecule has 0 bridgehead atoms. The summed E-state index contributed by atoms with van der Waals surface area (Å²) in [5.41, 5.74) is 1.90. The van der Waals surface area contributed by atoms with Crippen molar-refractivity contribution in [3.63, 3.8) is 0 Å². The molecule has 0 heterocycles. The van der Waals surface area contributed by atoms with Crippen LogP contribution in [0.3, 0.4) is 0 Å². The van der Waals surface area contributed by atoms with Gasteiger partial charge < -0.3 is 9.47 Å². The van der Waals surface area contributed by atoms with Crippen molar-refractivity contribution >= 4 is 31.6 Å². The molecule has 0 aliphatic heterocycles. The van der Waals surface area contributed by atoms with Gasteiger partial charge in [-0.15, -0.1) is 0 Å². The van der Waals surface area contributed by atoms with E-state index in [1.165, 1.54) is 13.2 Å². The third-order valence-corrected chi connectivity index (χ3v) is 5.74. The number of methoxy groups -OCH3 is 2. The van der Waals surface area contributed by atoms with Gasteiger partial charge in [0.1, 0.15) is 16.4 Å². The van der Waals surface area contributed by atoms with Crippen LogP contribution < -0.4 is 19.7 Å². The number of nitrogens with one attached hydrogen (secondary N) is 1. The van der Waals surface area contributed by atoms with Crippen LogP contribution in [0.2, 0.25) is 0 Å². The lowest BCUT2D eigenvalue weighted by atomic mass is 10.2. The number of benzene rings is 2. The number of rotatable bonds is 7. The van der Waals surface area contributed by atoms with Crippen LogP contribution in [0.5, 0.6) is 11.5 Å². The molecule has 0 amide bonds. The van der Waals surface area contributed by atoms with Crippen molar-refractivity contribution in [1.29, 1.82) is 0 Å². The maximum Gasteiger partial charge on any atom is 0.242 e. The Morgan fingerprint density at radius 1 is 1.17 bits per heavy atom. The van der Waals surface area contributed by atoms with E-state index >= 15 is 0 Å². The maximum absolute atomic E-state index is 12.5. The zero-order chi connectivity index (χ0) is 17.7. The van der Waals surface area contributed by atoms with Crippen LogP contribution in [0, 0.1) is 0 Å². The highest BCUT2D eigenvalue weighted by Crippen LogP contribution is 2.26. The molecule has 2 rings (SSSR count). The molecule has 2 aromatic rings. The van der Waals surface area contributed by atoms with Crippen molar-refractivity contribution in [3.8, 4) is 11.5 Å². The highest BCUT2D eigenvalue weighted by atomic mass is 79.9. The number of hydrogen-bond donors (Lipinski definition) is 3. The van der Waals surface area contributed by atoms with E-state index in [-0.39, 0.29) is 11.4 Å². The topological polar surface area (TPSA) is 101 Å². The van der Waals surface area contributed by atoms with Crippen molar-refractivity contribution < 1.29 is 28.6 Å². The van der Waals surface area contributed by atoms with E-state index in [1.54, 1.807) is 37.4 Å². The predicted molar refractivity (Wildman–Crippen MR) is 91.1 cm³/mol. The van der Waals surface area contributed by atoms with Crippen LogP contribution in [0.25, 0.3) is 0 Å². The molecule has 9 heteroatoms. The standard InChI is InChI=1S/C15H17BrN2O5S/c1-22-12-5-3-10(14(8-12)23-2)9-17-24(20,21)15-7-11(18-19)4-6-13(15)16/h3-8,17-19H,9H2,1-2H3/p+1. The minimum absolute atomic E-state index is 0.0396. The van der Waals surface area contributed by atoms with E-state index in [2.05, 4.69) is 20.7 Å². The highest BCUT2D eigenvalue weighted by molar-refractivity contribution is 9.10. The van der Waals surface area contributed by atoms with E-state index in [1.807, 2.05) is 0 Å². The summed E-state index contributed by atoms with van der Waals surface area (Å²) >= 11 is 3.21. The molecule has 4 N–H and O–H groups in total. The molecule has 0 aromatic heterocycles. The van der Waals surface area contributed by atoms with Crippen LogP contribution in [-0.4, -0.2) is 27.8 Å². The summed E-state index contributed by atoms with van der Waals surface area (Å²) in [6.07, 6.45) is 0. The number of quaternary nitrogens is 1. The van der Waals surface area contributed by atoms with Gasteiger partial charge in [-0.1, -0.05) is 6.07 Å². The SMILES string of the molecule is COc1ccc(CNS(=O)(=O)c2cc([NH2+]O)ccc2Br)c(OC)c1. The smallest absolute Gasteiger partial charge is 0.242 e. The lowest BCUT2D eigenvalue weighted by Crippen LogP contribution is -2.73. The Morgan fingerprint density at radius 2 is 1.92 bits per heavy atom. The van der Waals surface area contributed by atoms with E-state index in [4.69, 9.17) is 14.7 Å². The molecular weight excluding hydrogens is 400 g/mol. The van der Waals surface area contributed by atoms with Gasteiger partial charge in [-0.2, -0.15) is 5.48 Å². The molecule has 2 aromatic carbocycles. The number of sulfonamides is 1. The molecule has 130 valence electrons. The van der Waals surface area contributed by atoms with Gasteiger partial charge in [0, 0.05) is 34.8 Å². The third kappa shape index (κ3) is 4.25. The molecule has 24 heavy (non-hydrogen) atoms. The van der Waals surface area contributed by atoms with Crippen molar-refractivity contribution in [2.24, 2.45) is 0 Å². The lowest BCUT2D eigenvalue weighted by Gasteiger charge is -2.12. The van der Waals surface area contributed by atoms with Gasteiger partial charge in [0.05, 0.1) is 14.2 Å². The van der Waals surface area contributed by atoms with Gasteiger partial charge in [-0.05, 0) is 28.1 Å². The second-order valence-corrected chi connectivity index (χ2v) is 7.41. The minimum atomic E-state index is -3.78. The molecular formula is C15H18BrN2O5S+. The minimum Gasteiger partial charge on any atom is -0.497 e. The number of nitrogens with two attached hydrogens (primary N) is 1. The fourth-order valence-electron chi connectivity index (χ4n) is 2.05. The second kappa shape index (κ2) is 7.95. The van der Waals surface area contributed by atoms with Gasteiger partial charge in [-0.3, -0.25) is 0 Å². The summed E-state index contributed by atoms with van der Waals surface area (Å²) < 4.78 is 38.3. The highest BCUT2D eigenvalue weighted by Gasteiger charge is 2.20. The number of hydrogen-bond acceptors (Lipinski definition) is 5. The largest absolute Gasteiger partial charge is 0.497 e. The van der Waals surface area contributed by atoms with Gasteiger partial charge in [0.2, 0.25) is 10.0 Å². The Kier molecular flexibility index (Phi) is 6.19. The first-order chi connectivity index (χ1) is 11.4. The van der Waals surface area contributed by atoms with Gasteiger partial charge in [0.15, 0.2) is 5.69 Å². The average molecular weight is 418 g/mol. The zero-order valence-corrected chi connectivity index (χ0v) is 15.5. The first kappa shape index (κ1) is 18.7. The van der Waals surface area contributed by atoms with Crippen LogP contribution in [0.4, 0.5) is 5.69 Å². The Labute approximate surface area is 148 Å². The monoisotopic (exact) mass is 417 g/mol. The van der Waals surface area contributed by atoms with Crippen molar-refractivity contribution in [3.05, 3.63) is 46.4 Å². The summed E-state index contributed by atoms with van der Waals surface area (Å²) in [4.78, 5) is 0.0396. The average Bonchev–Trinajstić information content (AvgIpc) is 2.60. The Balaban J connectivity index is 2.25. The van der Waals surface area contributed by atoms with Crippen molar-refractivity contribution in [2.45, 2.75) is 11.4 Å². The van der Waals surface area contributed by atoms with E-state index in [0.29, 0.717) is 27.2 Å². The van der Waals surface area contributed by atoms with Crippen LogP contribution >= 0.6 is 15.9 Å². The second-order valence-electron chi connectivity index (χ2n) is 4.82. The lowest BCUT2D eigenvalue weighted by molar-refractivity contribution is -0.825. The Hall–Kier alpha value is -1.65. The van der Waals surface area contributed by atoms with E-state index < -0.39 is 10.0 Å². The fourth-order valence-corrected chi connectivity index (χ4v) is 4.06. The quantitative estimate of drug-likeness (QED) is 0.468. The predicted octanol–water partition coefficient (Wildman–Crippen LogP) is 1.53. The molecule has 0 fully saturated rings. The molecule has 0 saturated carbocycles. The van der Waals surface area contributed by atoms with Crippen LogP contribution in [0.1, 0.15) is 5.56 Å². The molecule has 0 unspecified atom stereocenters. The summed E-state index contributed by atoms with van der Waals surface area (Å²) in [6, 6.07) is 9.66. The van der Waals surface area contributed by atoms with Gasteiger partial charge >= 0.3 is 0 Å². The molecule has 0 radical (unpaired) electrons. The van der Waals surface area contributed by atoms with Crippen LogP contribution in [-0.2, 0) is 16.6 Å². The molecule has 0 aliphatic rings. The first-order valence-corrected chi connectivity index (χ1v) is 9.16. The van der Waals surface area contributed by atoms with Gasteiger partial charge in [0.25, 0.3) is 0 Å².